The zero-order valence-corrected chi connectivity index (χ0v) is 17.8. The Morgan fingerprint density at radius 3 is 2.72 bits per heavy atom. The van der Waals surface area contributed by atoms with Gasteiger partial charge in [0, 0.05) is 19.1 Å². The Morgan fingerprint density at radius 1 is 1.38 bits per heavy atom. The van der Waals surface area contributed by atoms with E-state index in [1.807, 2.05) is 6.92 Å². The van der Waals surface area contributed by atoms with Crippen molar-refractivity contribution >= 4 is 21.9 Å². The van der Waals surface area contributed by atoms with E-state index in [1.165, 1.54) is 42.6 Å². The second kappa shape index (κ2) is 9.89. The first kappa shape index (κ1) is 22.9. The standard InChI is InChI=1S/C20H28N2O6S/c1-5-11-21-19(23)15(3)28-20(24)16-9-10-17(27-4)18(13-16)29(25,26)22-12-7-6-8-14(22)2/h5,9-10,13-15H,1,6-8,11-12H2,2-4H3,(H,21,23)/t14-,15-/m0/s1. The molecule has 0 bridgehead atoms. The van der Waals surface area contributed by atoms with Gasteiger partial charge in [0.05, 0.1) is 12.7 Å². The minimum absolute atomic E-state index is 0.0254. The van der Waals surface area contributed by atoms with Gasteiger partial charge in [-0.3, -0.25) is 4.79 Å². The van der Waals surface area contributed by atoms with E-state index >= 15 is 0 Å². The van der Waals surface area contributed by atoms with Gasteiger partial charge >= 0.3 is 5.97 Å². The molecule has 0 aromatic heterocycles. The minimum Gasteiger partial charge on any atom is -0.495 e. The van der Waals surface area contributed by atoms with Crippen molar-refractivity contribution in [3.05, 3.63) is 36.4 Å². The van der Waals surface area contributed by atoms with E-state index < -0.39 is 28.0 Å². The summed E-state index contributed by atoms with van der Waals surface area (Å²) in [5.74, 6) is -1.12. The van der Waals surface area contributed by atoms with Gasteiger partial charge < -0.3 is 14.8 Å². The zero-order chi connectivity index (χ0) is 21.6. The average Bonchev–Trinajstić information content (AvgIpc) is 2.71. The number of hydrogen-bond donors (Lipinski definition) is 1. The Labute approximate surface area is 171 Å². The van der Waals surface area contributed by atoms with E-state index in [2.05, 4.69) is 11.9 Å². The third-order valence-electron chi connectivity index (χ3n) is 4.80. The summed E-state index contributed by atoms with van der Waals surface area (Å²) < 4.78 is 38.3. The number of esters is 1. The molecule has 1 aromatic rings. The third-order valence-corrected chi connectivity index (χ3v) is 6.84. The van der Waals surface area contributed by atoms with Gasteiger partial charge in [0.2, 0.25) is 10.0 Å². The van der Waals surface area contributed by atoms with Crippen LogP contribution < -0.4 is 10.1 Å². The van der Waals surface area contributed by atoms with Crippen molar-refractivity contribution < 1.29 is 27.5 Å². The quantitative estimate of drug-likeness (QED) is 0.507. The highest BCUT2D eigenvalue weighted by Gasteiger charge is 2.34. The van der Waals surface area contributed by atoms with Crippen LogP contribution in [0.2, 0.25) is 0 Å². The van der Waals surface area contributed by atoms with Gasteiger partial charge in [-0.15, -0.1) is 6.58 Å². The molecule has 1 N–H and O–H groups in total. The highest BCUT2D eigenvalue weighted by molar-refractivity contribution is 7.89. The van der Waals surface area contributed by atoms with E-state index in [4.69, 9.17) is 9.47 Å². The molecule has 1 aromatic carbocycles. The predicted octanol–water partition coefficient (Wildman–Crippen LogP) is 2.11. The lowest BCUT2D eigenvalue weighted by molar-refractivity contribution is -0.128. The van der Waals surface area contributed by atoms with Crippen LogP contribution >= 0.6 is 0 Å². The first-order chi connectivity index (χ1) is 13.7. The molecular formula is C20H28N2O6S. The van der Waals surface area contributed by atoms with E-state index in [9.17, 15) is 18.0 Å². The summed E-state index contributed by atoms with van der Waals surface area (Å²) in [6.07, 6.45) is 3.01. The second-order valence-electron chi connectivity index (χ2n) is 6.91. The van der Waals surface area contributed by atoms with Crippen LogP contribution in [0.5, 0.6) is 5.75 Å². The summed E-state index contributed by atoms with van der Waals surface area (Å²) in [5.41, 5.74) is 0.0254. The van der Waals surface area contributed by atoms with Crippen molar-refractivity contribution in [1.29, 1.82) is 0 Å². The molecule has 0 spiro atoms. The Morgan fingerprint density at radius 2 is 2.10 bits per heavy atom. The lowest BCUT2D eigenvalue weighted by Gasteiger charge is -2.32. The molecule has 0 radical (unpaired) electrons. The van der Waals surface area contributed by atoms with Crippen LogP contribution in [0, 0.1) is 0 Å². The molecule has 2 rings (SSSR count). The molecule has 1 aliphatic heterocycles. The Kier molecular flexibility index (Phi) is 7.80. The SMILES string of the molecule is C=CCNC(=O)[C@H](C)OC(=O)c1ccc(OC)c(S(=O)(=O)N2CCCC[C@@H]2C)c1. The highest BCUT2D eigenvalue weighted by atomic mass is 32.2. The number of sulfonamides is 1. The third kappa shape index (κ3) is 5.36. The lowest BCUT2D eigenvalue weighted by Crippen LogP contribution is -2.42. The molecule has 9 heteroatoms. The van der Waals surface area contributed by atoms with Crippen LogP contribution in [-0.4, -0.2) is 56.9 Å². The molecule has 8 nitrogen and oxygen atoms in total. The largest absolute Gasteiger partial charge is 0.495 e. The minimum atomic E-state index is -3.86. The number of rotatable bonds is 8. The van der Waals surface area contributed by atoms with Crippen molar-refractivity contribution in [2.24, 2.45) is 0 Å². The summed E-state index contributed by atoms with van der Waals surface area (Å²) in [6, 6.07) is 3.93. The second-order valence-corrected chi connectivity index (χ2v) is 8.77. The number of ether oxygens (including phenoxy) is 2. The topological polar surface area (TPSA) is 102 Å². The molecule has 0 unspecified atom stereocenters. The zero-order valence-electron chi connectivity index (χ0n) is 17.0. The Balaban J connectivity index is 2.29. The highest BCUT2D eigenvalue weighted by Crippen LogP contribution is 2.31. The number of nitrogens with one attached hydrogen (secondary N) is 1. The molecule has 1 saturated heterocycles. The molecule has 1 fully saturated rings. The van der Waals surface area contributed by atoms with Crippen LogP contribution in [0.1, 0.15) is 43.5 Å². The normalized spacial score (nSPS) is 18.5. The molecule has 1 amide bonds. The number of nitrogens with zero attached hydrogens (tertiary/aromatic N) is 1. The summed E-state index contributed by atoms with van der Waals surface area (Å²) in [7, 11) is -2.48. The molecule has 1 heterocycles. The van der Waals surface area contributed by atoms with Crippen molar-refractivity contribution in [3.8, 4) is 5.75 Å². The fraction of sp³-hybridized carbons (Fsp3) is 0.500. The fourth-order valence-corrected chi connectivity index (χ4v) is 5.04. The number of carbonyl (C=O) groups excluding carboxylic acids is 2. The predicted molar refractivity (Wildman–Crippen MR) is 108 cm³/mol. The van der Waals surface area contributed by atoms with Gasteiger partial charge in [-0.2, -0.15) is 4.31 Å². The van der Waals surface area contributed by atoms with Crippen molar-refractivity contribution in [2.75, 3.05) is 20.2 Å². The summed E-state index contributed by atoms with van der Waals surface area (Å²) >= 11 is 0. The van der Waals surface area contributed by atoms with E-state index in [1.54, 1.807) is 0 Å². The van der Waals surface area contributed by atoms with Crippen LogP contribution in [0.3, 0.4) is 0 Å². The monoisotopic (exact) mass is 424 g/mol. The fourth-order valence-electron chi connectivity index (χ4n) is 3.16. The maximum Gasteiger partial charge on any atom is 0.338 e. The number of hydrogen-bond acceptors (Lipinski definition) is 6. The number of carbonyl (C=O) groups is 2. The maximum absolute atomic E-state index is 13.2. The van der Waals surface area contributed by atoms with Gasteiger partial charge in [0.1, 0.15) is 10.6 Å². The molecule has 0 aliphatic carbocycles. The van der Waals surface area contributed by atoms with E-state index in [-0.39, 0.29) is 28.8 Å². The molecular weight excluding hydrogens is 396 g/mol. The van der Waals surface area contributed by atoms with Crippen LogP contribution in [0.15, 0.2) is 35.7 Å². The molecule has 29 heavy (non-hydrogen) atoms. The van der Waals surface area contributed by atoms with Gasteiger partial charge in [-0.05, 0) is 44.9 Å². The number of piperidine rings is 1. The van der Waals surface area contributed by atoms with Crippen LogP contribution in [-0.2, 0) is 19.6 Å². The van der Waals surface area contributed by atoms with Crippen molar-refractivity contribution in [1.82, 2.24) is 9.62 Å². The Hall–Kier alpha value is -2.39. The average molecular weight is 425 g/mol. The Bertz CT molecular complexity index is 868. The first-order valence-corrected chi connectivity index (χ1v) is 11.0. The van der Waals surface area contributed by atoms with Crippen LogP contribution in [0.4, 0.5) is 0 Å². The van der Waals surface area contributed by atoms with Crippen molar-refractivity contribution in [3.63, 3.8) is 0 Å². The molecule has 160 valence electrons. The molecule has 2 atom stereocenters. The van der Waals surface area contributed by atoms with Gasteiger partial charge in [-0.1, -0.05) is 12.5 Å². The number of amides is 1. The molecule has 0 saturated carbocycles. The summed E-state index contributed by atoms with van der Waals surface area (Å²) in [5, 5.41) is 2.53. The van der Waals surface area contributed by atoms with E-state index in [0.717, 1.165) is 19.3 Å². The van der Waals surface area contributed by atoms with Crippen LogP contribution in [0.25, 0.3) is 0 Å². The van der Waals surface area contributed by atoms with Gasteiger partial charge in [-0.25, -0.2) is 13.2 Å². The number of methoxy groups -OCH3 is 1. The smallest absolute Gasteiger partial charge is 0.338 e. The summed E-state index contributed by atoms with van der Waals surface area (Å²) in [4.78, 5) is 24.3. The maximum atomic E-state index is 13.2. The first-order valence-electron chi connectivity index (χ1n) is 9.51. The van der Waals surface area contributed by atoms with Gasteiger partial charge in [0.25, 0.3) is 5.91 Å². The van der Waals surface area contributed by atoms with E-state index in [0.29, 0.717) is 6.54 Å². The lowest BCUT2D eigenvalue weighted by atomic mass is 10.1. The molecule has 1 aliphatic rings. The summed E-state index contributed by atoms with van der Waals surface area (Å²) in [6.45, 7) is 7.47. The number of benzene rings is 1. The van der Waals surface area contributed by atoms with Gasteiger partial charge in [0.15, 0.2) is 6.10 Å². The van der Waals surface area contributed by atoms with Crippen molar-refractivity contribution in [2.45, 2.75) is 50.2 Å².